The molecule has 1 heterocycles. The highest BCUT2D eigenvalue weighted by Gasteiger charge is 2.26. The topological polar surface area (TPSA) is 57.1 Å². The molecule has 5 heteroatoms. The minimum absolute atomic E-state index is 0.404. The van der Waals surface area contributed by atoms with Crippen LogP contribution in [0, 0.1) is 0 Å². The largest absolute Gasteiger partial charge is 0.493 e. The Kier molecular flexibility index (Phi) is 5.90. The smallest absolute Gasteiger partial charge is 0.368 e. The Morgan fingerprint density at radius 3 is 2.40 bits per heavy atom. The molecular weight excluding hydrogens is 378 g/mol. The number of oxime groups is 1. The zero-order valence-electron chi connectivity index (χ0n) is 16.6. The van der Waals surface area contributed by atoms with Crippen molar-refractivity contribution in [1.29, 1.82) is 0 Å². The fourth-order valence-corrected chi connectivity index (χ4v) is 3.20. The van der Waals surface area contributed by atoms with Crippen molar-refractivity contribution in [2.24, 2.45) is 5.16 Å². The van der Waals surface area contributed by atoms with E-state index in [9.17, 15) is 4.79 Å². The SMILES string of the molecule is COc1cc(C=C2C(=O)ON=C2c2ccccc2)ccc1OCCc1ccccc1. The second-order valence-electron chi connectivity index (χ2n) is 6.74. The molecule has 5 nitrogen and oxygen atoms in total. The highest BCUT2D eigenvalue weighted by molar-refractivity contribution is 6.31. The first-order chi connectivity index (χ1) is 14.7. The van der Waals surface area contributed by atoms with Crippen molar-refractivity contribution >= 4 is 17.8 Å². The Morgan fingerprint density at radius 2 is 1.67 bits per heavy atom. The maximum Gasteiger partial charge on any atom is 0.368 e. The molecule has 0 spiro atoms. The number of ether oxygens (including phenoxy) is 2. The lowest BCUT2D eigenvalue weighted by Crippen LogP contribution is -2.07. The number of benzene rings is 3. The number of rotatable bonds is 7. The van der Waals surface area contributed by atoms with Gasteiger partial charge in [0.15, 0.2) is 11.5 Å². The number of hydrogen-bond donors (Lipinski definition) is 0. The van der Waals surface area contributed by atoms with Crippen molar-refractivity contribution in [1.82, 2.24) is 0 Å². The summed E-state index contributed by atoms with van der Waals surface area (Å²) in [6.07, 6.45) is 2.55. The van der Waals surface area contributed by atoms with Crippen LogP contribution >= 0.6 is 0 Å². The maximum atomic E-state index is 12.2. The van der Waals surface area contributed by atoms with Crippen LogP contribution in [0.4, 0.5) is 0 Å². The van der Waals surface area contributed by atoms with Gasteiger partial charge in [0, 0.05) is 12.0 Å². The van der Waals surface area contributed by atoms with Crippen LogP contribution in [0.3, 0.4) is 0 Å². The first-order valence-corrected chi connectivity index (χ1v) is 9.66. The second kappa shape index (κ2) is 9.09. The van der Waals surface area contributed by atoms with Crippen LogP contribution in [-0.4, -0.2) is 25.4 Å². The van der Waals surface area contributed by atoms with Crippen LogP contribution in [0.1, 0.15) is 16.7 Å². The first-order valence-electron chi connectivity index (χ1n) is 9.66. The molecular formula is C25H21NO4. The molecule has 0 saturated carbocycles. The molecule has 30 heavy (non-hydrogen) atoms. The monoisotopic (exact) mass is 399 g/mol. The van der Waals surface area contributed by atoms with Crippen molar-refractivity contribution in [3.8, 4) is 11.5 Å². The Hall–Kier alpha value is -3.86. The zero-order valence-corrected chi connectivity index (χ0v) is 16.6. The van der Waals surface area contributed by atoms with Crippen LogP contribution < -0.4 is 9.47 Å². The summed E-state index contributed by atoms with van der Waals surface area (Å²) < 4.78 is 11.4. The predicted octanol–water partition coefficient (Wildman–Crippen LogP) is 4.66. The summed E-state index contributed by atoms with van der Waals surface area (Å²) >= 11 is 0. The standard InChI is InChI=1S/C25H21NO4/c1-28-23-17-19(12-13-22(23)29-15-14-18-8-4-2-5-9-18)16-21-24(26-30-25(21)27)20-10-6-3-7-11-20/h2-13,16-17H,14-15H2,1H3. The third-order valence-corrected chi connectivity index (χ3v) is 4.73. The first kappa shape index (κ1) is 19.5. The molecule has 0 unspecified atom stereocenters. The predicted molar refractivity (Wildman–Crippen MR) is 116 cm³/mol. The molecule has 0 bridgehead atoms. The summed E-state index contributed by atoms with van der Waals surface area (Å²) in [5.41, 5.74) is 3.75. The number of carbonyl (C=O) groups is 1. The van der Waals surface area contributed by atoms with Gasteiger partial charge in [0.05, 0.1) is 19.3 Å². The Morgan fingerprint density at radius 1 is 0.933 bits per heavy atom. The molecule has 1 aliphatic rings. The average molecular weight is 399 g/mol. The van der Waals surface area contributed by atoms with E-state index < -0.39 is 5.97 Å². The maximum absolute atomic E-state index is 12.2. The van der Waals surface area contributed by atoms with Gasteiger partial charge in [0.1, 0.15) is 5.71 Å². The molecule has 0 N–H and O–H groups in total. The third-order valence-electron chi connectivity index (χ3n) is 4.73. The molecule has 3 aromatic rings. The van der Waals surface area contributed by atoms with Gasteiger partial charge in [0.2, 0.25) is 0 Å². The summed E-state index contributed by atoms with van der Waals surface area (Å²) in [7, 11) is 1.59. The molecule has 1 aliphatic heterocycles. The Labute approximate surface area is 175 Å². The molecule has 0 fully saturated rings. The van der Waals surface area contributed by atoms with Crippen LogP contribution in [0.15, 0.2) is 89.6 Å². The van der Waals surface area contributed by atoms with Crippen LogP contribution in [-0.2, 0) is 16.1 Å². The molecule has 150 valence electrons. The molecule has 0 atom stereocenters. The van der Waals surface area contributed by atoms with Crippen molar-refractivity contribution < 1.29 is 19.1 Å². The zero-order chi connectivity index (χ0) is 20.8. The summed E-state index contributed by atoms with van der Waals surface area (Å²) in [6.45, 7) is 0.540. The highest BCUT2D eigenvalue weighted by atomic mass is 16.7. The molecule has 0 aliphatic carbocycles. The highest BCUT2D eigenvalue weighted by Crippen LogP contribution is 2.30. The van der Waals surface area contributed by atoms with E-state index in [-0.39, 0.29) is 0 Å². The van der Waals surface area contributed by atoms with Crippen LogP contribution in [0.2, 0.25) is 0 Å². The van der Waals surface area contributed by atoms with Crippen molar-refractivity contribution in [2.75, 3.05) is 13.7 Å². The van der Waals surface area contributed by atoms with Crippen molar-refractivity contribution in [3.05, 3.63) is 101 Å². The van der Waals surface area contributed by atoms with Gasteiger partial charge in [-0.1, -0.05) is 71.9 Å². The normalized spacial score (nSPS) is 14.4. The van der Waals surface area contributed by atoms with E-state index in [1.54, 1.807) is 13.2 Å². The van der Waals surface area contributed by atoms with Crippen molar-refractivity contribution in [2.45, 2.75) is 6.42 Å². The van der Waals surface area contributed by atoms with Gasteiger partial charge in [-0.3, -0.25) is 0 Å². The minimum atomic E-state index is -0.476. The van der Waals surface area contributed by atoms with Crippen molar-refractivity contribution in [3.63, 3.8) is 0 Å². The molecule has 0 amide bonds. The molecule has 0 radical (unpaired) electrons. The lowest BCUT2D eigenvalue weighted by atomic mass is 10.0. The molecule has 0 aromatic heterocycles. The summed E-state index contributed by atoms with van der Waals surface area (Å²) in [5, 5.41) is 3.94. The van der Waals surface area contributed by atoms with Crippen LogP contribution in [0.5, 0.6) is 11.5 Å². The van der Waals surface area contributed by atoms with Gasteiger partial charge in [-0.05, 0) is 29.3 Å². The van der Waals surface area contributed by atoms with Crippen LogP contribution in [0.25, 0.3) is 6.08 Å². The lowest BCUT2D eigenvalue weighted by molar-refractivity contribution is -0.136. The van der Waals surface area contributed by atoms with E-state index in [2.05, 4.69) is 17.3 Å². The summed E-state index contributed by atoms with van der Waals surface area (Å²) in [6, 6.07) is 25.2. The van der Waals surface area contributed by atoms with Gasteiger partial charge < -0.3 is 14.3 Å². The van der Waals surface area contributed by atoms with E-state index >= 15 is 0 Å². The number of carbonyl (C=O) groups excluding carboxylic acids is 1. The minimum Gasteiger partial charge on any atom is -0.493 e. The molecule has 0 saturated heterocycles. The van der Waals surface area contributed by atoms with Gasteiger partial charge in [-0.25, -0.2) is 4.79 Å². The summed E-state index contributed by atoms with van der Waals surface area (Å²) in [5.74, 6) is 0.777. The second-order valence-corrected chi connectivity index (χ2v) is 6.74. The number of hydrogen-bond acceptors (Lipinski definition) is 5. The van der Waals surface area contributed by atoms with E-state index in [1.165, 1.54) is 5.56 Å². The van der Waals surface area contributed by atoms with E-state index in [1.807, 2.05) is 66.7 Å². The number of nitrogens with zero attached hydrogens (tertiary/aromatic N) is 1. The van der Waals surface area contributed by atoms with E-state index in [0.717, 1.165) is 17.5 Å². The quantitative estimate of drug-likeness (QED) is 0.428. The number of methoxy groups -OCH3 is 1. The molecule has 4 rings (SSSR count). The lowest BCUT2D eigenvalue weighted by Gasteiger charge is -2.11. The fourth-order valence-electron chi connectivity index (χ4n) is 3.20. The molecule has 3 aromatic carbocycles. The van der Waals surface area contributed by atoms with E-state index in [0.29, 0.717) is 29.4 Å². The van der Waals surface area contributed by atoms with E-state index in [4.69, 9.17) is 14.3 Å². The third kappa shape index (κ3) is 4.41. The van der Waals surface area contributed by atoms with Gasteiger partial charge in [0.25, 0.3) is 0 Å². The van der Waals surface area contributed by atoms with Gasteiger partial charge in [-0.2, -0.15) is 0 Å². The Balaban J connectivity index is 1.52. The van der Waals surface area contributed by atoms with Gasteiger partial charge >= 0.3 is 5.97 Å². The van der Waals surface area contributed by atoms with Gasteiger partial charge in [-0.15, -0.1) is 0 Å². The Bertz CT molecular complexity index is 1090. The summed E-state index contributed by atoms with van der Waals surface area (Å²) in [4.78, 5) is 17.1. The average Bonchev–Trinajstić information content (AvgIpc) is 3.16. The fraction of sp³-hybridized carbons (Fsp3) is 0.120.